The van der Waals surface area contributed by atoms with Crippen LogP contribution in [0.25, 0.3) is 0 Å². The molecule has 0 unspecified atom stereocenters. The second kappa shape index (κ2) is 7.17. The average Bonchev–Trinajstić information content (AvgIpc) is 2.52. The number of hydrogen-bond donors (Lipinski definition) is 1. The zero-order valence-corrected chi connectivity index (χ0v) is 12.3. The Bertz CT molecular complexity index is 558. The van der Waals surface area contributed by atoms with Crippen LogP contribution in [0.2, 0.25) is 0 Å². The Morgan fingerprint density at radius 1 is 1.10 bits per heavy atom. The maximum absolute atomic E-state index is 9.02. The molecule has 1 aromatic carbocycles. The van der Waals surface area contributed by atoms with Crippen molar-refractivity contribution in [3.05, 3.63) is 47.8 Å². The molecular weight excluding hydrogens is 274 g/mol. The van der Waals surface area contributed by atoms with Gasteiger partial charge in [0.05, 0.1) is 26.5 Å². The zero-order valence-electron chi connectivity index (χ0n) is 11.5. The highest BCUT2D eigenvalue weighted by Gasteiger charge is 2.11. The molecule has 0 saturated carbocycles. The smallest absolute Gasteiger partial charge is 0.183 e. The lowest BCUT2D eigenvalue weighted by Crippen LogP contribution is -1.97. The standard InChI is InChI=1S/C15H17NO3S/c1-18-14-7-8-16-13(15(14)19-2)10-20-12-5-3-11(9-17)4-6-12/h3-8,17H,9-10H2,1-2H3. The third-order valence-electron chi connectivity index (χ3n) is 2.85. The summed E-state index contributed by atoms with van der Waals surface area (Å²) < 4.78 is 10.6. The number of aliphatic hydroxyl groups excluding tert-OH is 1. The summed E-state index contributed by atoms with van der Waals surface area (Å²) in [7, 11) is 3.23. The van der Waals surface area contributed by atoms with Gasteiger partial charge in [-0.05, 0) is 17.7 Å². The van der Waals surface area contributed by atoms with Gasteiger partial charge in [0.1, 0.15) is 0 Å². The normalized spacial score (nSPS) is 10.3. The van der Waals surface area contributed by atoms with Gasteiger partial charge >= 0.3 is 0 Å². The van der Waals surface area contributed by atoms with Crippen molar-refractivity contribution in [1.29, 1.82) is 0 Å². The van der Waals surface area contributed by atoms with E-state index in [0.29, 0.717) is 17.3 Å². The summed E-state index contributed by atoms with van der Waals surface area (Å²) in [5, 5.41) is 9.02. The fourth-order valence-electron chi connectivity index (χ4n) is 1.80. The molecule has 0 fully saturated rings. The number of ether oxygens (including phenoxy) is 2. The van der Waals surface area contributed by atoms with Crippen molar-refractivity contribution in [2.24, 2.45) is 0 Å². The lowest BCUT2D eigenvalue weighted by Gasteiger charge is -2.11. The molecule has 0 aliphatic rings. The fourth-order valence-corrected chi connectivity index (χ4v) is 2.63. The highest BCUT2D eigenvalue weighted by atomic mass is 32.2. The molecule has 0 atom stereocenters. The van der Waals surface area contributed by atoms with Crippen LogP contribution in [0.1, 0.15) is 11.3 Å². The summed E-state index contributed by atoms with van der Waals surface area (Å²) in [6.45, 7) is 0.0657. The first-order valence-corrected chi connectivity index (χ1v) is 7.15. The number of thioether (sulfide) groups is 1. The highest BCUT2D eigenvalue weighted by Crippen LogP contribution is 2.33. The minimum atomic E-state index is 0.0657. The van der Waals surface area contributed by atoms with E-state index in [2.05, 4.69) is 4.98 Å². The van der Waals surface area contributed by atoms with Gasteiger partial charge < -0.3 is 14.6 Å². The molecule has 0 amide bonds. The molecule has 0 radical (unpaired) electrons. The first-order chi connectivity index (χ1) is 9.78. The van der Waals surface area contributed by atoms with Crippen LogP contribution >= 0.6 is 11.8 Å². The molecule has 0 aliphatic carbocycles. The molecule has 5 heteroatoms. The Labute approximate surface area is 122 Å². The molecule has 20 heavy (non-hydrogen) atoms. The molecule has 1 N–H and O–H groups in total. The fraction of sp³-hybridized carbons (Fsp3) is 0.267. The monoisotopic (exact) mass is 291 g/mol. The van der Waals surface area contributed by atoms with Gasteiger partial charge in [0, 0.05) is 22.9 Å². The third-order valence-corrected chi connectivity index (χ3v) is 3.87. The van der Waals surface area contributed by atoms with E-state index in [4.69, 9.17) is 14.6 Å². The number of hydrogen-bond acceptors (Lipinski definition) is 5. The molecule has 0 bridgehead atoms. The molecule has 1 heterocycles. The summed E-state index contributed by atoms with van der Waals surface area (Å²) in [4.78, 5) is 5.46. The van der Waals surface area contributed by atoms with E-state index in [-0.39, 0.29) is 6.61 Å². The van der Waals surface area contributed by atoms with E-state index in [1.165, 1.54) is 0 Å². The second-order valence-electron chi connectivity index (χ2n) is 4.08. The molecule has 0 spiro atoms. The van der Waals surface area contributed by atoms with Gasteiger partial charge in [-0.3, -0.25) is 4.98 Å². The Morgan fingerprint density at radius 2 is 1.85 bits per heavy atom. The van der Waals surface area contributed by atoms with E-state index in [1.54, 1.807) is 38.2 Å². The maximum atomic E-state index is 9.02. The molecule has 106 valence electrons. The van der Waals surface area contributed by atoms with Crippen LogP contribution < -0.4 is 9.47 Å². The predicted molar refractivity (Wildman–Crippen MR) is 79.3 cm³/mol. The van der Waals surface area contributed by atoms with E-state index in [9.17, 15) is 0 Å². The number of aromatic nitrogens is 1. The average molecular weight is 291 g/mol. The van der Waals surface area contributed by atoms with E-state index >= 15 is 0 Å². The number of nitrogens with zero attached hydrogens (tertiary/aromatic N) is 1. The van der Waals surface area contributed by atoms with Gasteiger partial charge in [0.2, 0.25) is 0 Å². The van der Waals surface area contributed by atoms with Gasteiger partial charge in [-0.2, -0.15) is 0 Å². The molecule has 1 aromatic heterocycles. The topological polar surface area (TPSA) is 51.6 Å². The van der Waals surface area contributed by atoms with Crippen molar-refractivity contribution in [3.8, 4) is 11.5 Å². The van der Waals surface area contributed by atoms with Gasteiger partial charge in [-0.25, -0.2) is 0 Å². The number of rotatable bonds is 6. The van der Waals surface area contributed by atoms with Crippen molar-refractivity contribution in [3.63, 3.8) is 0 Å². The van der Waals surface area contributed by atoms with Crippen molar-refractivity contribution in [2.75, 3.05) is 14.2 Å². The summed E-state index contributed by atoms with van der Waals surface area (Å²) in [5.74, 6) is 2.06. The van der Waals surface area contributed by atoms with Crippen molar-refractivity contribution < 1.29 is 14.6 Å². The number of aliphatic hydroxyl groups is 1. The third kappa shape index (κ3) is 3.43. The molecule has 4 nitrogen and oxygen atoms in total. The Hall–Kier alpha value is -1.72. The first-order valence-electron chi connectivity index (χ1n) is 6.17. The van der Waals surface area contributed by atoms with Crippen molar-refractivity contribution in [1.82, 2.24) is 4.98 Å². The van der Waals surface area contributed by atoms with Crippen molar-refractivity contribution in [2.45, 2.75) is 17.3 Å². The van der Waals surface area contributed by atoms with Gasteiger partial charge in [-0.1, -0.05) is 12.1 Å². The first kappa shape index (κ1) is 14.7. The number of pyridine rings is 1. The Morgan fingerprint density at radius 3 is 2.45 bits per heavy atom. The molecule has 0 saturated heterocycles. The number of benzene rings is 1. The number of methoxy groups -OCH3 is 2. The van der Waals surface area contributed by atoms with Crippen LogP contribution in [0.3, 0.4) is 0 Å². The van der Waals surface area contributed by atoms with E-state index in [1.807, 2.05) is 24.3 Å². The maximum Gasteiger partial charge on any atom is 0.183 e. The lowest BCUT2D eigenvalue weighted by atomic mass is 10.2. The van der Waals surface area contributed by atoms with Gasteiger partial charge in [0.25, 0.3) is 0 Å². The molecular formula is C15H17NO3S. The van der Waals surface area contributed by atoms with Crippen LogP contribution in [0.4, 0.5) is 0 Å². The van der Waals surface area contributed by atoms with Crippen LogP contribution in [0.15, 0.2) is 41.4 Å². The summed E-state index contributed by atoms with van der Waals surface area (Å²) in [6.07, 6.45) is 1.71. The summed E-state index contributed by atoms with van der Waals surface area (Å²) in [6, 6.07) is 9.59. The second-order valence-corrected chi connectivity index (χ2v) is 5.13. The lowest BCUT2D eigenvalue weighted by molar-refractivity contribution is 0.282. The molecule has 2 rings (SSSR count). The minimum absolute atomic E-state index is 0.0657. The summed E-state index contributed by atoms with van der Waals surface area (Å²) >= 11 is 1.66. The largest absolute Gasteiger partial charge is 0.493 e. The molecule has 2 aromatic rings. The quantitative estimate of drug-likeness (QED) is 0.829. The van der Waals surface area contributed by atoms with E-state index < -0.39 is 0 Å². The zero-order chi connectivity index (χ0) is 14.4. The highest BCUT2D eigenvalue weighted by molar-refractivity contribution is 7.98. The van der Waals surface area contributed by atoms with Crippen LogP contribution in [0, 0.1) is 0 Å². The predicted octanol–water partition coefficient (Wildman–Crippen LogP) is 2.88. The van der Waals surface area contributed by atoms with Crippen LogP contribution in [-0.4, -0.2) is 24.3 Å². The Balaban J connectivity index is 2.10. The SMILES string of the molecule is COc1ccnc(CSc2ccc(CO)cc2)c1OC. The molecule has 0 aliphatic heterocycles. The van der Waals surface area contributed by atoms with E-state index in [0.717, 1.165) is 16.2 Å². The van der Waals surface area contributed by atoms with Crippen molar-refractivity contribution >= 4 is 11.8 Å². The Kier molecular flexibility index (Phi) is 5.26. The van der Waals surface area contributed by atoms with Crippen LogP contribution in [-0.2, 0) is 12.4 Å². The van der Waals surface area contributed by atoms with Gasteiger partial charge in [0.15, 0.2) is 11.5 Å². The minimum Gasteiger partial charge on any atom is -0.493 e. The summed E-state index contributed by atoms with van der Waals surface area (Å²) in [5.41, 5.74) is 1.76. The van der Waals surface area contributed by atoms with Gasteiger partial charge in [-0.15, -0.1) is 11.8 Å². The van der Waals surface area contributed by atoms with Crippen LogP contribution in [0.5, 0.6) is 11.5 Å².